The van der Waals surface area contributed by atoms with E-state index in [-0.39, 0.29) is 5.92 Å². The SMILES string of the molecule is CC(C#N)CN1CC(C)OCC1C. The molecular formula is C10H18N2O. The van der Waals surface area contributed by atoms with E-state index in [2.05, 4.69) is 24.8 Å². The Balaban J connectivity index is 2.42. The third kappa shape index (κ3) is 2.98. The summed E-state index contributed by atoms with van der Waals surface area (Å²) in [4.78, 5) is 2.34. The molecule has 1 saturated heterocycles. The van der Waals surface area contributed by atoms with E-state index in [0.29, 0.717) is 12.1 Å². The number of hydrogen-bond donors (Lipinski definition) is 0. The Hall–Kier alpha value is -0.590. The molecule has 1 rings (SSSR count). The summed E-state index contributed by atoms with van der Waals surface area (Å²) >= 11 is 0. The van der Waals surface area contributed by atoms with Gasteiger partial charge in [0.15, 0.2) is 0 Å². The second-order valence-corrected chi connectivity index (χ2v) is 3.98. The maximum atomic E-state index is 8.71. The molecule has 13 heavy (non-hydrogen) atoms. The van der Waals surface area contributed by atoms with Gasteiger partial charge in [-0.05, 0) is 20.8 Å². The number of rotatable bonds is 2. The minimum atomic E-state index is 0.118. The van der Waals surface area contributed by atoms with Gasteiger partial charge in [0, 0.05) is 19.1 Å². The molecule has 0 N–H and O–H groups in total. The monoisotopic (exact) mass is 182 g/mol. The van der Waals surface area contributed by atoms with Crippen LogP contribution in [0.15, 0.2) is 0 Å². The van der Waals surface area contributed by atoms with Crippen LogP contribution in [0.4, 0.5) is 0 Å². The Labute approximate surface area is 80.3 Å². The van der Waals surface area contributed by atoms with E-state index in [0.717, 1.165) is 19.7 Å². The molecule has 1 aliphatic heterocycles. The van der Waals surface area contributed by atoms with Gasteiger partial charge in [0.25, 0.3) is 0 Å². The van der Waals surface area contributed by atoms with Crippen molar-refractivity contribution in [3.63, 3.8) is 0 Å². The van der Waals surface area contributed by atoms with E-state index < -0.39 is 0 Å². The Bertz CT molecular complexity index is 200. The lowest BCUT2D eigenvalue weighted by Gasteiger charge is -2.37. The van der Waals surface area contributed by atoms with E-state index in [1.165, 1.54) is 0 Å². The first kappa shape index (κ1) is 10.5. The van der Waals surface area contributed by atoms with E-state index in [9.17, 15) is 0 Å². The summed E-state index contributed by atoms with van der Waals surface area (Å²) in [7, 11) is 0. The summed E-state index contributed by atoms with van der Waals surface area (Å²) in [6, 6.07) is 2.72. The molecule has 3 nitrogen and oxygen atoms in total. The molecule has 1 aliphatic rings. The number of nitrogens with zero attached hydrogens (tertiary/aromatic N) is 2. The van der Waals surface area contributed by atoms with Crippen molar-refractivity contribution in [1.82, 2.24) is 4.90 Å². The van der Waals surface area contributed by atoms with Crippen LogP contribution >= 0.6 is 0 Å². The van der Waals surface area contributed by atoms with E-state index in [4.69, 9.17) is 10.00 Å². The third-order valence-electron chi connectivity index (χ3n) is 2.47. The fourth-order valence-corrected chi connectivity index (χ4v) is 1.62. The van der Waals surface area contributed by atoms with Gasteiger partial charge in [0.2, 0.25) is 0 Å². The summed E-state index contributed by atoms with van der Waals surface area (Å²) < 4.78 is 5.51. The molecule has 74 valence electrons. The van der Waals surface area contributed by atoms with E-state index in [1.807, 2.05) is 6.92 Å². The zero-order chi connectivity index (χ0) is 9.84. The molecule has 0 radical (unpaired) electrons. The summed E-state index contributed by atoms with van der Waals surface area (Å²) in [5.74, 6) is 0.118. The third-order valence-corrected chi connectivity index (χ3v) is 2.47. The molecule has 0 aromatic rings. The maximum absolute atomic E-state index is 8.71. The van der Waals surface area contributed by atoms with Gasteiger partial charge < -0.3 is 4.74 Å². The number of nitriles is 1. The highest BCUT2D eigenvalue weighted by Crippen LogP contribution is 2.12. The molecule has 1 heterocycles. The van der Waals surface area contributed by atoms with Crippen LogP contribution in [0.2, 0.25) is 0 Å². The average Bonchev–Trinajstić information content (AvgIpc) is 2.11. The molecular weight excluding hydrogens is 164 g/mol. The average molecular weight is 182 g/mol. The topological polar surface area (TPSA) is 36.3 Å². The highest BCUT2D eigenvalue weighted by Gasteiger charge is 2.24. The lowest BCUT2D eigenvalue weighted by atomic mass is 10.1. The van der Waals surface area contributed by atoms with Crippen molar-refractivity contribution >= 4 is 0 Å². The van der Waals surface area contributed by atoms with Gasteiger partial charge in [-0.15, -0.1) is 0 Å². The predicted molar refractivity (Wildman–Crippen MR) is 51.2 cm³/mol. The zero-order valence-corrected chi connectivity index (χ0v) is 8.66. The maximum Gasteiger partial charge on any atom is 0.0674 e. The fourth-order valence-electron chi connectivity index (χ4n) is 1.62. The summed E-state index contributed by atoms with van der Waals surface area (Å²) in [5.41, 5.74) is 0. The molecule has 3 unspecified atom stereocenters. The molecule has 0 aliphatic carbocycles. The molecule has 3 atom stereocenters. The van der Waals surface area contributed by atoms with Crippen LogP contribution < -0.4 is 0 Å². The van der Waals surface area contributed by atoms with Gasteiger partial charge in [0.05, 0.1) is 24.7 Å². The lowest BCUT2D eigenvalue weighted by Crippen LogP contribution is -2.48. The van der Waals surface area contributed by atoms with Gasteiger partial charge >= 0.3 is 0 Å². The van der Waals surface area contributed by atoms with Crippen LogP contribution in [0.5, 0.6) is 0 Å². The highest BCUT2D eigenvalue weighted by atomic mass is 16.5. The first-order valence-corrected chi connectivity index (χ1v) is 4.88. The minimum absolute atomic E-state index is 0.118. The smallest absolute Gasteiger partial charge is 0.0674 e. The number of ether oxygens (including phenoxy) is 1. The molecule has 1 fully saturated rings. The molecule has 3 heteroatoms. The van der Waals surface area contributed by atoms with Crippen molar-refractivity contribution in [2.75, 3.05) is 19.7 Å². The molecule has 0 aromatic heterocycles. The largest absolute Gasteiger partial charge is 0.376 e. The molecule has 0 spiro atoms. The Morgan fingerprint density at radius 3 is 2.92 bits per heavy atom. The van der Waals surface area contributed by atoms with Crippen molar-refractivity contribution in [1.29, 1.82) is 5.26 Å². The fraction of sp³-hybridized carbons (Fsp3) is 0.900. The van der Waals surface area contributed by atoms with Gasteiger partial charge in [-0.25, -0.2) is 0 Å². The first-order valence-electron chi connectivity index (χ1n) is 4.88. The second-order valence-electron chi connectivity index (χ2n) is 3.98. The van der Waals surface area contributed by atoms with Crippen LogP contribution in [0.25, 0.3) is 0 Å². The van der Waals surface area contributed by atoms with Gasteiger partial charge in [-0.3, -0.25) is 4.90 Å². The zero-order valence-electron chi connectivity index (χ0n) is 8.66. The van der Waals surface area contributed by atoms with Gasteiger partial charge in [-0.1, -0.05) is 0 Å². The van der Waals surface area contributed by atoms with Crippen molar-refractivity contribution < 1.29 is 4.74 Å². The van der Waals surface area contributed by atoms with Gasteiger partial charge in [0.1, 0.15) is 0 Å². The van der Waals surface area contributed by atoms with Crippen LogP contribution in [-0.4, -0.2) is 36.7 Å². The summed E-state index contributed by atoms with van der Waals surface area (Å²) in [6.45, 7) is 8.80. The van der Waals surface area contributed by atoms with Crippen LogP contribution in [-0.2, 0) is 4.74 Å². The molecule has 0 bridgehead atoms. The van der Waals surface area contributed by atoms with Crippen LogP contribution in [0, 0.1) is 17.2 Å². The highest BCUT2D eigenvalue weighted by molar-refractivity contribution is 4.85. The van der Waals surface area contributed by atoms with Crippen molar-refractivity contribution in [3.05, 3.63) is 0 Å². The number of morpholine rings is 1. The summed E-state index contributed by atoms with van der Waals surface area (Å²) in [6.07, 6.45) is 0.307. The van der Waals surface area contributed by atoms with Crippen LogP contribution in [0.3, 0.4) is 0 Å². The minimum Gasteiger partial charge on any atom is -0.376 e. The predicted octanol–water partition coefficient (Wildman–Crippen LogP) is 1.26. The lowest BCUT2D eigenvalue weighted by molar-refractivity contribution is -0.0515. The molecule has 0 amide bonds. The molecule has 0 saturated carbocycles. The Morgan fingerprint density at radius 1 is 1.62 bits per heavy atom. The Kier molecular flexibility index (Phi) is 3.71. The normalized spacial score (nSPS) is 32.5. The number of hydrogen-bond acceptors (Lipinski definition) is 3. The second kappa shape index (κ2) is 4.59. The van der Waals surface area contributed by atoms with Crippen molar-refractivity contribution in [2.45, 2.75) is 32.9 Å². The first-order chi connectivity index (χ1) is 6.13. The van der Waals surface area contributed by atoms with Crippen molar-refractivity contribution in [2.24, 2.45) is 5.92 Å². The van der Waals surface area contributed by atoms with E-state index in [1.54, 1.807) is 0 Å². The van der Waals surface area contributed by atoms with Gasteiger partial charge in [-0.2, -0.15) is 5.26 Å². The quantitative estimate of drug-likeness (QED) is 0.645. The van der Waals surface area contributed by atoms with Crippen LogP contribution in [0.1, 0.15) is 20.8 Å². The Morgan fingerprint density at radius 2 is 2.31 bits per heavy atom. The summed E-state index contributed by atoms with van der Waals surface area (Å²) in [5, 5.41) is 8.71. The standard InChI is InChI=1S/C10H18N2O/c1-8(4-11)5-12-6-10(3)13-7-9(12)2/h8-10H,5-7H2,1-3H3. The van der Waals surface area contributed by atoms with E-state index >= 15 is 0 Å². The van der Waals surface area contributed by atoms with Crippen molar-refractivity contribution in [3.8, 4) is 6.07 Å². The molecule has 0 aromatic carbocycles.